The molecule has 8 nitrogen and oxygen atoms in total. The molecule has 28 heavy (non-hydrogen) atoms. The van der Waals surface area contributed by atoms with Gasteiger partial charge in [-0.2, -0.15) is 5.10 Å². The lowest BCUT2D eigenvalue weighted by molar-refractivity contribution is 0.0759. The molecule has 8 heteroatoms. The lowest BCUT2D eigenvalue weighted by Crippen LogP contribution is -2.35. The number of hydrogen-bond donors (Lipinski definition) is 0. The van der Waals surface area contributed by atoms with E-state index < -0.39 is 0 Å². The first-order chi connectivity index (χ1) is 13.4. The van der Waals surface area contributed by atoms with Gasteiger partial charge in [0.15, 0.2) is 5.65 Å². The number of rotatable bonds is 3. The third kappa shape index (κ3) is 3.40. The molecule has 4 rings (SSSR count). The maximum atomic E-state index is 13.2. The quantitative estimate of drug-likeness (QED) is 0.692. The van der Waals surface area contributed by atoms with Crippen molar-refractivity contribution in [2.24, 2.45) is 0 Å². The first kappa shape index (κ1) is 18.6. The molecule has 0 N–H and O–H groups in total. The topological polar surface area (TPSA) is 79.8 Å². The summed E-state index contributed by atoms with van der Waals surface area (Å²) in [5.41, 5.74) is 5.21. The van der Waals surface area contributed by atoms with Gasteiger partial charge in [0, 0.05) is 50.6 Å². The van der Waals surface area contributed by atoms with Crippen molar-refractivity contribution in [1.82, 2.24) is 29.6 Å². The van der Waals surface area contributed by atoms with Crippen LogP contribution in [0.15, 0.2) is 16.8 Å². The van der Waals surface area contributed by atoms with Gasteiger partial charge in [0.25, 0.3) is 5.91 Å². The van der Waals surface area contributed by atoms with Crippen molar-refractivity contribution in [3.8, 4) is 0 Å². The molecule has 0 atom stereocenters. The van der Waals surface area contributed by atoms with Crippen molar-refractivity contribution in [1.29, 1.82) is 0 Å². The summed E-state index contributed by atoms with van der Waals surface area (Å²) in [4.78, 5) is 21.9. The van der Waals surface area contributed by atoms with E-state index in [0.717, 1.165) is 66.7 Å². The molecule has 148 valence electrons. The molecule has 0 radical (unpaired) electrons. The SMILES string of the molecule is Cc1cc2ncc(C(=O)N3CCCN(Cc4c(C)noc4C)CC3)c(C)n2n1. The Morgan fingerprint density at radius 3 is 2.71 bits per heavy atom. The Balaban J connectivity index is 1.48. The minimum absolute atomic E-state index is 0.0271. The first-order valence-corrected chi connectivity index (χ1v) is 9.69. The zero-order valence-electron chi connectivity index (χ0n) is 16.9. The van der Waals surface area contributed by atoms with Crippen LogP contribution >= 0.6 is 0 Å². The van der Waals surface area contributed by atoms with E-state index in [4.69, 9.17) is 4.52 Å². The average molecular weight is 382 g/mol. The van der Waals surface area contributed by atoms with Gasteiger partial charge in [0.2, 0.25) is 0 Å². The highest BCUT2D eigenvalue weighted by atomic mass is 16.5. The second kappa shape index (κ2) is 7.35. The molecule has 1 saturated heterocycles. The first-order valence-electron chi connectivity index (χ1n) is 9.69. The summed E-state index contributed by atoms with van der Waals surface area (Å²) >= 11 is 0. The van der Waals surface area contributed by atoms with Crippen molar-refractivity contribution < 1.29 is 9.32 Å². The standard InChI is InChI=1S/C20H26N6O2/c1-13-10-19-21-11-17(15(3)26(19)22-13)20(27)25-7-5-6-24(8-9-25)12-18-14(2)23-28-16(18)4/h10-11H,5-9,12H2,1-4H3. The Kier molecular flexibility index (Phi) is 4.89. The molecule has 0 unspecified atom stereocenters. The summed E-state index contributed by atoms with van der Waals surface area (Å²) in [5.74, 6) is 0.901. The van der Waals surface area contributed by atoms with Gasteiger partial charge >= 0.3 is 0 Å². The zero-order chi connectivity index (χ0) is 19.8. The smallest absolute Gasteiger partial charge is 0.257 e. The van der Waals surface area contributed by atoms with E-state index in [2.05, 4.69) is 20.1 Å². The molecule has 1 aliphatic rings. The van der Waals surface area contributed by atoms with Gasteiger partial charge < -0.3 is 9.42 Å². The van der Waals surface area contributed by atoms with Gasteiger partial charge in [-0.05, 0) is 34.1 Å². The number of fused-ring (bicyclic) bond motifs is 1. The van der Waals surface area contributed by atoms with Gasteiger partial charge in [0.1, 0.15) is 5.76 Å². The van der Waals surface area contributed by atoms with Gasteiger partial charge in [-0.1, -0.05) is 5.16 Å². The molecule has 1 amide bonds. The van der Waals surface area contributed by atoms with Gasteiger partial charge in [-0.15, -0.1) is 0 Å². The van der Waals surface area contributed by atoms with Gasteiger partial charge in [-0.3, -0.25) is 9.69 Å². The number of amides is 1. The normalized spacial score (nSPS) is 15.9. The second-order valence-electron chi connectivity index (χ2n) is 7.54. The molecular weight excluding hydrogens is 356 g/mol. The Labute approximate surface area is 164 Å². The number of hydrogen-bond acceptors (Lipinski definition) is 6. The van der Waals surface area contributed by atoms with Crippen LogP contribution in [0.1, 0.15) is 45.2 Å². The Bertz CT molecular complexity index is 1000. The average Bonchev–Trinajstić information content (AvgIpc) is 3.09. The highest BCUT2D eigenvalue weighted by molar-refractivity contribution is 5.95. The Morgan fingerprint density at radius 1 is 1.14 bits per heavy atom. The molecular formula is C20H26N6O2. The number of nitrogens with zero attached hydrogens (tertiary/aromatic N) is 6. The molecule has 0 aliphatic carbocycles. The summed E-state index contributed by atoms with van der Waals surface area (Å²) in [5, 5.41) is 8.49. The van der Waals surface area contributed by atoms with E-state index in [1.54, 1.807) is 10.7 Å². The second-order valence-corrected chi connectivity index (χ2v) is 7.54. The summed E-state index contributed by atoms with van der Waals surface area (Å²) in [6.45, 7) is 11.8. The highest BCUT2D eigenvalue weighted by Gasteiger charge is 2.24. The molecule has 3 aromatic rings. The molecule has 3 aromatic heterocycles. The molecule has 0 saturated carbocycles. The minimum Gasteiger partial charge on any atom is -0.361 e. The molecule has 4 heterocycles. The lowest BCUT2D eigenvalue weighted by atomic mass is 10.2. The molecule has 0 aromatic carbocycles. The van der Waals surface area contributed by atoms with E-state index in [1.165, 1.54) is 0 Å². The minimum atomic E-state index is 0.0271. The van der Waals surface area contributed by atoms with E-state index in [-0.39, 0.29) is 5.91 Å². The fourth-order valence-corrected chi connectivity index (χ4v) is 3.83. The summed E-state index contributed by atoms with van der Waals surface area (Å²) in [6, 6.07) is 1.92. The summed E-state index contributed by atoms with van der Waals surface area (Å²) < 4.78 is 7.03. The van der Waals surface area contributed by atoms with Crippen molar-refractivity contribution in [2.75, 3.05) is 26.2 Å². The van der Waals surface area contributed by atoms with Crippen molar-refractivity contribution in [3.05, 3.63) is 46.2 Å². The number of aromatic nitrogens is 4. The van der Waals surface area contributed by atoms with Gasteiger partial charge in [-0.25, -0.2) is 9.50 Å². The third-order valence-electron chi connectivity index (χ3n) is 5.52. The van der Waals surface area contributed by atoms with Crippen LogP contribution in [0.2, 0.25) is 0 Å². The summed E-state index contributed by atoms with van der Waals surface area (Å²) in [6.07, 6.45) is 2.62. The van der Waals surface area contributed by atoms with E-state index in [1.807, 2.05) is 38.7 Å². The maximum Gasteiger partial charge on any atom is 0.257 e. The fourth-order valence-electron chi connectivity index (χ4n) is 3.83. The molecule has 1 aliphatic heterocycles. The molecule has 1 fully saturated rings. The predicted molar refractivity (Wildman–Crippen MR) is 104 cm³/mol. The molecule has 0 bridgehead atoms. The molecule has 0 spiro atoms. The number of aryl methyl sites for hydroxylation is 4. The number of carbonyl (C=O) groups is 1. The van der Waals surface area contributed by atoms with E-state index in [9.17, 15) is 4.79 Å². The lowest BCUT2D eigenvalue weighted by Gasteiger charge is -2.22. The predicted octanol–water partition coefficient (Wildman–Crippen LogP) is 2.30. The van der Waals surface area contributed by atoms with Crippen molar-refractivity contribution in [2.45, 2.75) is 40.7 Å². The monoisotopic (exact) mass is 382 g/mol. The van der Waals surface area contributed by atoms with Crippen LogP contribution in [-0.2, 0) is 6.54 Å². The van der Waals surface area contributed by atoms with Crippen LogP contribution in [0.5, 0.6) is 0 Å². The van der Waals surface area contributed by atoms with Crippen LogP contribution in [0, 0.1) is 27.7 Å². The van der Waals surface area contributed by atoms with Crippen molar-refractivity contribution >= 4 is 11.6 Å². The Hall–Kier alpha value is -2.74. The van der Waals surface area contributed by atoms with Gasteiger partial charge in [0.05, 0.1) is 22.6 Å². The number of carbonyl (C=O) groups excluding carboxylic acids is 1. The largest absolute Gasteiger partial charge is 0.361 e. The maximum absolute atomic E-state index is 13.2. The van der Waals surface area contributed by atoms with Crippen LogP contribution < -0.4 is 0 Å². The van der Waals surface area contributed by atoms with Crippen LogP contribution in [0.25, 0.3) is 5.65 Å². The Morgan fingerprint density at radius 2 is 1.96 bits per heavy atom. The van der Waals surface area contributed by atoms with Crippen LogP contribution in [0.4, 0.5) is 0 Å². The van der Waals surface area contributed by atoms with E-state index in [0.29, 0.717) is 12.1 Å². The summed E-state index contributed by atoms with van der Waals surface area (Å²) in [7, 11) is 0. The fraction of sp³-hybridized carbons (Fsp3) is 0.500. The van der Waals surface area contributed by atoms with E-state index >= 15 is 0 Å². The van der Waals surface area contributed by atoms with Crippen LogP contribution in [0.3, 0.4) is 0 Å². The zero-order valence-corrected chi connectivity index (χ0v) is 16.9. The van der Waals surface area contributed by atoms with Crippen LogP contribution in [-0.4, -0.2) is 61.6 Å². The third-order valence-corrected chi connectivity index (χ3v) is 5.52. The highest BCUT2D eigenvalue weighted by Crippen LogP contribution is 2.18. The van der Waals surface area contributed by atoms with Crippen molar-refractivity contribution in [3.63, 3.8) is 0 Å².